The molecule has 0 bridgehead atoms. The van der Waals surface area contributed by atoms with Gasteiger partial charge in [-0.25, -0.2) is 0 Å². The molecular formula is C7H17N3O3. The third kappa shape index (κ3) is 6.32. The van der Waals surface area contributed by atoms with Crippen LogP contribution in [-0.2, 0) is 4.74 Å². The summed E-state index contributed by atoms with van der Waals surface area (Å²) in [5.41, 5.74) is 5.31. The van der Waals surface area contributed by atoms with E-state index in [1.54, 1.807) is 7.11 Å². The van der Waals surface area contributed by atoms with Crippen LogP contribution in [0.3, 0.4) is 0 Å². The van der Waals surface area contributed by atoms with Gasteiger partial charge in [-0.2, -0.15) is 0 Å². The average Bonchev–Trinajstić information content (AvgIpc) is 2.14. The Balaban J connectivity index is 3.79. The first-order valence-corrected chi connectivity index (χ1v) is 4.03. The Kier molecular flexibility index (Phi) is 7.27. The molecule has 0 rings (SSSR count). The van der Waals surface area contributed by atoms with Gasteiger partial charge >= 0.3 is 0 Å². The Hall–Kier alpha value is -0.850. The van der Waals surface area contributed by atoms with Crippen molar-refractivity contribution in [2.24, 2.45) is 10.9 Å². The molecule has 78 valence electrons. The summed E-state index contributed by atoms with van der Waals surface area (Å²) in [4.78, 5) is 1.83. The van der Waals surface area contributed by atoms with Crippen LogP contribution in [0, 0.1) is 0 Å². The Bertz CT molecular complexity index is 152. The molecule has 0 saturated carbocycles. The summed E-state index contributed by atoms with van der Waals surface area (Å²) >= 11 is 0. The van der Waals surface area contributed by atoms with Gasteiger partial charge in [0.25, 0.3) is 0 Å². The standard InChI is InChI=1S/C7H17N3O3/c1-13-5-3-10(2-4-11)6-7(8)9-12/h11-12H,2-6H2,1H3,(H2,8,9). The van der Waals surface area contributed by atoms with Crippen molar-refractivity contribution in [1.29, 1.82) is 0 Å². The number of hydrogen-bond acceptors (Lipinski definition) is 5. The monoisotopic (exact) mass is 191 g/mol. The molecule has 0 aliphatic carbocycles. The lowest BCUT2D eigenvalue weighted by Crippen LogP contribution is -2.37. The second-order valence-electron chi connectivity index (χ2n) is 2.58. The van der Waals surface area contributed by atoms with E-state index in [-0.39, 0.29) is 12.4 Å². The first-order chi connectivity index (χ1) is 6.24. The SMILES string of the molecule is COCCN(CCO)CC(N)=NO. The van der Waals surface area contributed by atoms with Gasteiger partial charge in [0.2, 0.25) is 0 Å². The van der Waals surface area contributed by atoms with Crippen LogP contribution in [-0.4, -0.2) is 61.0 Å². The summed E-state index contributed by atoms with van der Waals surface area (Å²) in [6.07, 6.45) is 0. The molecule has 0 aliphatic rings. The van der Waals surface area contributed by atoms with Gasteiger partial charge in [-0.15, -0.1) is 0 Å². The molecule has 0 aromatic carbocycles. The smallest absolute Gasteiger partial charge is 0.153 e. The molecule has 0 fully saturated rings. The van der Waals surface area contributed by atoms with Crippen LogP contribution in [0.1, 0.15) is 0 Å². The van der Waals surface area contributed by atoms with Crippen molar-refractivity contribution in [3.63, 3.8) is 0 Å². The highest BCUT2D eigenvalue weighted by molar-refractivity contribution is 5.81. The molecule has 0 saturated heterocycles. The average molecular weight is 191 g/mol. The summed E-state index contributed by atoms with van der Waals surface area (Å²) < 4.78 is 4.87. The lowest BCUT2D eigenvalue weighted by molar-refractivity contribution is 0.140. The molecule has 0 radical (unpaired) electrons. The van der Waals surface area contributed by atoms with Crippen LogP contribution in [0.4, 0.5) is 0 Å². The quantitative estimate of drug-likeness (QED) is 0.201. The Morgan fingerprint density at radius 1 is 1.54 bits per heavy atom. The summed E-state index contributed by atoms with van der Waals surface area (Å²) in [5.74, 6) is 0.129. The van der Waals surface area contributed by atoms with Crippen LogP contribution in [0.25, 0.3) is 0 Å². The van der Waals surface area contributed by atoms with Crippen LogP contribution in [0.15, 0.2) is 5.16 Å². The second kappa shape index (κ2) is 7.78. The third-order valence-electron chi connectivity index (χ3n) is 1.54. The largest absolute Gasteiger partial charge is 0.409 e. The number of oxime groups is 1. The maximum absolute atomic E-state index is 8.70. The summed E-state index contributed by atoms with van der Waals surface area (Å²) in [7, 11) is 1.60. The molecule has 0 amide bonds. The normalized spacial score (nSPS) is 12.4. The molecule has 0 aromatic rings. The van der Waals surface area contributed by atoms with Crippen LogP contribution < -0.4 is 5.73 Å². The Morgan fingerprint density at radius 3 is 2.69 bits per heavy atom. The second-order valence-corrected chi connectivity index (χ2v) is 2.58. The van der Waals surface area contributed by atoms with Crippen molar-refractivity contribution in [1.82, 2.24) is 4.90 Å². The Labute approximate surface area is 77.6 Å². The zero-order valence-corrected chi connectivity index (χ0v) is 7.81. The molecule has 0 spiro atoms. The van der Waals surface area contributed by atoms with Crippen molar-refractivity contribution in [3.05, 3.63) is 0 Å². The summed E-state index contributed by atoms with van der Waals surface area (Å²) in [6, 6.07) is 0. The van der Waals surface area contributed by atoms with Gasteiger partial charge in [0.1, 0.15) is 0 Å². The van der Waals surface area contributed by atoms with Gasteiger partial charge in [0, 0.05) is 20.2 Å². The maximum atomic E-state index is 8.70. The molecule has 0 atom stereocenters. The minimum Gasteiger partial charge on any atom is -0.409 e. The van der Waals surface area contributed by atoms with E-state index in [4.69, 9.17) is 20.8 Å². The van der Waals surface area contributed by atoms with Gasteiger partial charge < -0.3 is 20.8 Å². The number of nitrogens with two attached hydrogens (primary N) is 1. The van der Waals surface area contributed by atoms with Gasteiger partial charge in [0.15, 0.2) is 5.84 Å². The number of aliphatic hydroxyl groups excluding tert-OH is 1. The molecule has 0 heterocycles. The van der Waals surface area contributed by atoms with Crippen LogP contribution in [0.5, 0.6) is 0 Å². The lowest BCUT2D eigenvalue weighted by Gasteiger charge is -2.19. The van der Waals surface area contributed by atoms with E-state index >= 15 is 0 Å². The predicted octanol–water partition coefficient (Wildman–Crippen LogP) is -1.33. The van der Waals surface area contributed by atoms with E-state index in [9.17, 15) is 0 Å². The Morgan fingerprint density at radius 2 is 2.23 bits per heavy atom. The fourth-order valence-electron chi connectivity index (χ4n) is 0.892. The minimum atomic E-state index is 0.0441. The van der Waals surface area contributed by atoms with Crippen molar-refractivity contribution in [2.75, 3.05) is 40.0 Å². The van der Waals surface area contributed by atoms with E-state index in [2.05, 4.69) is 5.16 Å². The van der Waals surface area contributed by atoms with E-state index in [1.807, 2.05) is 4.90 Å². The molecular weight excluding hydrogens is 174 g/mol. The number of nitrogens with zero attached hydrogens (tertiary/aromatic N) is 2. The lowest BCUT2D eigenvalue weighted by atomic mass is 10.4. The fourth-order valence-corrected chi connectivity index (χ4v) is 0.892. The number of aliphatic hydroxyl groups is 1. The van der Waals surface area contributed by atoms with Crippen molar-refractivity contribution in [3.8, 4) is 0 Å². The number of rotatable bonds is 7. The summed E-state index contributed by atoms with van der Waals surface area (Å²) in [6.45, 7) is 2.06. The maximum Gasteiger partial charge on any atom is 0.153 e. The number of amidine groups is 1. The van der Waals surface area contributed by atoms with Crippen LogP contribution >= 0.6 is 0 Å². The van der Waals surface area contributed by atoms with Crippen molar-refractivity contribution >= 4 is 5.84 Å². The zero-order chi connectivity index (χ0) is 10.1. The minimum absolute atomic E-state index is 0.0441. The first kappa shape index (κ1) is 12.2. The molecule has 0 unspecified atom stereocenters. The van der Waals surface area contributed by atoms with Gasteiger partial charge in [-0.05, 0) is 0 Å². The van der Waals surface area contributed by atoms with Crippen molar-refractivity contribution < 1.29 is 15.1 Å². The van der Waals surface area contributed by atoms with Crippen molar-refractivity contribution in [2.45, 2.75) is 0 Å². The third-order valence-corrected chi connectivity index (χ3v) is 1.54. The molecule has 4 N–H and O–H groups in total. The topological polar surface area (TPSA) is 91.3 Å². The number of methoxy groups -OCH3 is 1. The number of ether oxygens (including phenoxy) is 1. The molecule has 6 nitrogen and oxygen atoms in total. The molecule has 0 aromatic heterocycles. The van der Waals surface area contributed by atoms with E-state index in [1.165, 1.54) is 0 Å². The highest BCUT2D eigenvalue weighted by atomic mass is 16.5. The summed E-state index contributed by atoms with van der Waals surface area (Å²) in [5, 5.41) is 19.9. The highest BCUT2D eigenvalue weighted by Crippen LogP contribution is 1.87. The zero-order valence-electron chi connectivity index (χ0n) is 7.81. The van der Waals surface area contributed by atoms with Gasteiger partial charge in [-0.3, -0.25) is 4.90 Å². The van der Waals surface area contributed by atoms with Gasteiger partial charge in [-0.1, -0.05) is 5.16 Å². The van der Waals surface area contributed by atoms with E-state index < -0.39 is 0 Å². The first-order valence-electron chi connectivity index (χ1n) is 4.03. The molecule has 13 heavy (non-hydrogen) atoms. The van der Waals surface area contributed by atoms with E-state index in [0.29, 0.717) is 26.2 Å². The molecule has 6 heteroatoms. The fraction of sp³-hybridized carbons (Fsp3) is 0.857. The van der Waals surface area contributed by atoms with E-state index in [0.717, 1.165) is 0 Å². The highest BCUT2D eigenvalue weighted by Gasteiger charge is 2.05. The predicted molar refractivity (Wildman–Crippen MR) is 48.8 cm³/mol. The number of hydrogen-bond donors (Lipinski definition) is 3. The molecule has 0 aliphatic heterocycles. The van der Waals surface area contributed by atoms with Gasteiger partial charge in [0.05, 0.1) is 19.8 Å². The van der Waals surface area contributed by atoms with Crippen LogP contribution in [0.2, 0.25) is 0 Å².